The first kappa shape index (κ1) is 11.9. The number of nitrogens with one attached hydrogen (secondary N) is 1. The number of nitrogens with zero attached hydrogens (tertiary/aromatic N) is 1. The zero-order chi connectivity index (χ0) is 12.7. The predicted molar refractivity (Wildman–Crippen MR) is 78.0 cm³/mol. The maximum Gasteiger partial charge on any atom is 0.0239 e. The first-order valence-corrected chi connectivity index (χ1v) is 7.94. The van der Waals surface area contributed by atoms with E-state index in [0.29, 0.717) is 0 Å². The van der Waals surface area contributed by atoms with E-state index in [0.717, 1.165) is 30.7 Å². The molecule has 0 aromatic heterocycles. The molecule has 0 spiro atoms. The van der Waals surface area contributed by atoms with Gasteiger partial charge >= 0.3 is 0 Å². The Bertz CT molecular complexity index is 412. The van der Waals surface area contributed by atoms with Gasteiger partial charge in [-0.1, -0.05) is 30.3 Å². The lowest BCUT2D eigenvalue weighted by atomic mass is 9.96. The van der Waals surface area contributed by atoms with Crippen LogP contribution in [-0.4, -0.2) is 29.1 Å². The largest absolute Gasteiger partial charge is 0.311 e. The molecule has 2 heterocycles. The van der Waals surface area contributed by atoms with Crippen LogP contribution in [0.15, 0.2) is 30.3 Å². The third-order valence-electron chi connectivity index (χ3n) is 5.14. The SMILES string of the molecule is c1ccc(CN2[C@@H]3CC[C@H]2CC(NC2CC2)C3)cc1. The summed E-state index contributed by atoms with van der Waals surface area (Å²) in [6.07, 6.45) is 8.42. The summed E-state index contributed by atoms with van der Waals surface area (Å²) < 4.78 is 0. The third kappa shape index (κ3) is 2.56. The molecule has 2 nitrogen and oxygen atoms in total. The Balaban J connectivity index is 1.41. The maximum atomic E-state index is 3.85. The van der Waals surface area contributed by atoms with Crippen LogP contribution >= 0.6 is 0 Å². The summed E-state index contributed by atoms with van der Waals surface area (Å²) in [5, 5.41) is 3.85. The zero-order valence-electron chi connectivity index (χ0n) is 11.6. The second-order valence-corrected chi connectivity index (χ2v) is 6.65. The number of rotatable bonds is 4. The van der Waals surface area contributed by atoms with Gasteiger partial charge in [0.05, 0.1) is 0 Å². The van der Waals surface area contributed by atoms with Crippen molar-refractivity contribution < 1.29 is 0 Å². The smallest absolute Gasteiger partial charge is 0.0239 e. The van der Waals surface area contributed by atoms with Gasteiger partial charge in [-0.15, -0.1) is 0 Å². The summed E-state index contributed by atoms with van der Waals surface area (Å²) in [6, 6.07) is 14.3. The van der Waals surface area contributed by atoms with Crippen molar-refractivity contribution in [3.05, 3.63) is 35.9 Å². The van der Waals surface area contributed by atoms with Crippen molar-refractivity contribution in [3.8, 4) is 0 Å². The molecule has 2 heteroatoms. The molecule has 1 aliphatic carbocycles. The van der Waals surface area contributed by atoms with Gasteiger partial charge in [-0.3, -0.25) is 4.90 Å². The van der Waals surface area contributed by atoms with Gasteiger partial charge in [-0.25, -0.2) is 0 Å². The highest BCUT2D eigenvalue weighted by molar-refractivity contribution is 5.15. The molecule has 2 aliphatic heterocycles. The monoisotopic (exact) mass is 256 g/mol. The molecule has 2 bridgehead atoms. The van der Waals surface area contributed by atoms with E-state index in [1.165, 1.54) is 44.1 Å². The van der Waals surface area contributed by atoms with Gasteiger partial charge < -0.3 is 5.32 Å². The van der Waals surface area contributed by atoms with Crippen molar-refractivity contribution in [1.82, 2.24) is 10.2 Å². The van der Waals surface area contributed by atoms with E-state index in [2.05, 4.69) is 40.5 Å². The maximum absolute atomic E-state index is 3.85. The Hall–Kier alpha value is -0.860. The fourth-order valence-electron chi connectivity index (χ4n) is 4.05. The summed E-state index contributed by atoms with van der Waals surface area (Å²) in [4.78, 5) is 2.78. The van der Waals surface area contributed by atoms with Crippen LogP contribution in [0.5, 0.6) is 0 Å². The molecule has 102 valence electrons. The van der Waals surface area contributed by atoms with Crippen LogP contribution in [-0.2, 0) is 6.54 Å². The highest BCUT2D eigenvalue weighted by Gasteiger charge is 2.41. The molecule has 0 amide bonds. The highest BCUT2D eigenvalue weighted by atomic mass is 15.2. The zero-order valence-corrected chi connectivity index (χ0v) is 11.6. The lowest BCUT2D eigenvalue weighted by Crippen LogP contribution is -2.49. The molecule has 3 atom stereocenters. The summed E-state index contributed by atoms with van der Waals surface area (Å²) >= 11 is 0. The first-order chi connectivity index (χ1) is 9.38. The van der Waals surface area contributed by atoms with Gasteiger partial charge in [0, 0.05) is 30.7 Å². The molecule has 3 aliphatic rings. The molecule has 1 aromatic rings. The topological polar surface area (TPSA) is 15.3 Å². The Morgan fingerprint density at radius 2 is 1.58 bits per heavy atom. The van der Waals surface area contributed by atoms with Gasteiger partial charge in [-0.05, 0) is 44.1 Å². The molecule has 1 N–H and O–H groups in total. The van der Waals surface area contributed by atoms with E-state index < -0.39 is 0 Å². The second kappa shape index (κ2) is 4.92. The van der Waals surface area contributed by atoms with Crippen LogP contribution in [0.1, 0.15) is 44.1 Å². The minimum atomic E-state index is 0.803. The number of fused-ring (bicyclic) bond motifs is 2. The minimum absolute atomic E-state index is 0.803. The molecule has 4 rings (SSSR count). The Morgan fingerprint density at radius 3 is 2.21 bits per heavy atom. The summed E-state index contributed by atoms with van der Waals surface area (Å²) in [5.41, 5.74) is 1.48. The van der Waals surface area contributed by atoms with E-state index in [9.17, 15) is 0 Å². The molecule has 3 fully saturated rings. The van der Waals surface area contributed by atoms with Crippen molar-refractivity contribution in [1.29, 1.82) is 0 Å². The molecule has 0 radical (unpaired) electrons. The highest BCUT2D eigenvalue weighted by Crippen LogP contribution is 2.37. The summed E-state index contributed by atoms with van der Waals surface area (Å²) in [6.45, 7) is 1.16. The van der Waals surface area contributed by atoms with Crippen LogP contribution < -0.4 is 5.32 Å². The molecule has 1 unspecified atom stereocenters. The molecule has 19 heavy (non-hydrogen) atoms. The summed E-state index contributed by atoms with van der Waals surface area (Å²) in [5.74, 6) is 0. The summed E-state index contributed by atoms with van der Waals surface area (Å²) in [7, 11) is 0. The van der Waals surface area contributed by atoms with E-state index in [1.807, 2.05) is 0 Å². The van der Waals surface area contributed by atoms with Crippen molar-refractivity contribution in [3.63, 3.8) is 0 Å². The lowest BCUT2D eigenvalue weighted by molar-refractivity contribution is 0.108. The Kier molecular flexibility index (Phi) is 3.08. The van der Waals surface area contributed by atoms with E-state index in [1.54, 1.807) is 0 Å². The first-order valence-electron chi connectivity index (χ1n) is 7.94. The molecule has 1 aromatic carbocycles. The minimum Gasteiger partial charge on any atom is -0.311 e. The number of piperidine rings is 1. The Morgan fingerprint density at radius 1 is 0.895 bits per heavy atom. The van der Waals surface area contributed by atoms with E-state index in [4.69, 9.17) is 0 Å². The van der Waals surface area contributed by atoms with Gasteiger partial charge in [0.25, 0.3) is 0 Å². The molecular formula is C17H24N2. The Labute approximate surface area is 116 Å². The van der Waals surface area contributed by atoms with Crippen molar-refractivity contribution in [2.24, 2.45) is 0 Å². The number of hydrogen-bond donors (Lipinski definition) is 1. The van der Waals surface area contributed by atoms with Gasteiger partial charge in [-0.2, -0.15) is 0 Å². The van der Waals surface area contributed by atoms with E-state index in [-0.39, 0.29) is 0 Å². The third-order valence-corrected chi connectivity index (χ3v) is 5.14. The van der Waals surface area contributed by atoms with E-state index >= 15 is 0 Å². The average molecular weight is 256 g/mol. The van der Waals surface area contributed by atoms with Crippen LogP contribution in [0.25, 0.3) is 0 Å². The quantitative estimate of drug-likeness (QED) is 0.891. The van der Waals surface area contributed by atoms with Gasteiger partial charge in [0.15, 0.2) is 0 Å². The number of benzene rings is 1. The molecule has 1 saturated carbocycles. The van der Waals surface area contributed by atoms with Crippen molar-refractivity contribution in [2.75, 3.05) is 0 Å². The fourth-order valence-corrected chi connectivity index (χ4v) is 4.05. The average Bonchev–Trinajstić information content (AvgIpc) is 3.20. The second-order valence-electron chi connectivity index (χ2n) is 6.65. The number of hydrogen-bond acceptors (Lipinski definition) is 2. The van der Waals surface area contributed by atoms with Gasteiger partial charge in [0.1, 0.15) is 0 Å². The standard InChI is InChI=1S/C17H24N2/c1-2-4-13(5-3-1)12-19-16-8-9-17(19)11-15(10-16)18-14-6-7-14/h1-5,14-18H,6-12H2/t15?,16-,17+. The van der Waals surface area contributed by atoms with Crippen molar-refractivity contribution in [2.45, 2.75) is 69.2 Å². The van der Waals surface area contributed by atoms with Gasteiger partial charge in [0.2, 0.25) is 0 Å². The van der Waals surface area contributed by atoms with Crippen LogP contribution in [0.4, 0.5) is 0 Å². The lowest BCUT2D eigenvalue weighted by Gasteiger charge is -2.39. The fraction of sp³-hybridized carbons (Fsp3) is 0.647. The van der Waals surface area contributed by atoms with Crippen LogP contribution in [0.3, 0.4) is 0 Å². The molecular weight excluding hydrogens is 232 g/mol. The van der Waals surface area contributed by atoms with Crippen LogP contribution in [0, 0.1) is 0 Å². The normalized spacial score (nSPS) is 34.6. The van der Waals surface area contributed by atoms with Crippen molar-refractivity contribution >= 4 is 0 Å². The predicted octanol–water partition coefficient (Wildman–Crippen LogP) is 2.93. The van der Waals surface area contributed by atoms with Crippen LogP contribution in [0.2, 0.25) is 0 Å². The molecule has 2 saturated heterocycles.